The molecule has 1 saturated heterocycles. The Morgan fingerprint density at radius 2 is 1.67 bits per heavy atom. The third-order valence-electron chi connectivity index (χ3n) is 4.54. The molecule has 1 heterocycles. The fraction of sp³-hybridized carbons (Fsp3) is 0.263. The van der Waals surface area contributed by atoms with Crippen molar-refractivity contribution in [1.29, 1.82) is 0 Å². The number of rotatable bonds is 6. The third-order valence-corrected chi connectivity index (χ3v) is 5.51. The number of carbonyl (C=O) groups is 2. The lowest BCUT2D eigenvalue weighted by Gasteiger charge is -2.25. The lowest BCUT2D eigenvalue weighted by atomic mass is 10.1. The van der Waals surface area contributed by atoms with E-state index in [4.69, 9.17) is 0 Å². The fourth-order valence-corrected chi connectivity index (χ4v) is 4.02. The molecule has 2 aromatic carbocycles. The first-order valence-electron chi connectivity index (χ1n) is 8.59. The highest BCUT2D eigenvalue weighted by Gasteiger charge is 2.38. The Morgan fingerprint density at radius 1 is 1.07 bits per heavy atom. The van der Waals surface area contributed by atoms with E-state index in [2.05, 4.69) is 4.72 Å². The Morgan fingerprint density at radius 3 is 2.30 bits per heavy atom. The smallest absolute Gasteiger partial charge is 0.323 e. The Labute approximate surface area is 158 Å². The van der Waals surface area contributed by atoms with Crippen LogP contribution in [-0.4, -0.2) is 31.7 Å². The highest BCUT2D eigenvalue weighted by Crippen LogP contribution is 2.28. The minimum atomic E-state index is -4.06. The second-order valence-corrected chi connectivity index (χ2v) is 7.89. The highest BCUT2D eigenvalue weighted by atomic mass is 32.2. The number of nitrogens with zero attached hydrogens (tertiary/aromatic N) is 1. The molecular formula is C19H21N3O4S. The molecule has 0 aromatic heterocycles. The second kappa shape index (κ2) is 7.79. The molecular weight excluding hydrogens is 366 g/mol. The normalized spacial score (nSPS) is 18.2. The zero-order valence-electron chi connectivity index (χ0n) is 14.8. The molecule has 2 amide bonds. The van der Waals surface area contributed by atoms with Crippen molar-refractivity contribution in [1.82, 2.24) is 9.62 Å². The van der Waals surface area contributed by atoms with E-state index < -0.39 is 22.0 Å². The van der Waals surface area contributed by atoms with Crippen molar-refractivity contribution in [2.45, 2.75) is 19.4 Å². The van der Waals surface area contributed by atoms with Gasteiger partial charge in [-0.3, -0.25) is 14.3 Å². The quantitative estimate of drug-likeness (QED) is 0.793. The minimum absolute atomic E-state index is 0.0101. The van der Waals surface area contributed by atoms with E-state index in [0.717, 1.165) is 5.56 Å². The van der Waals surface area contributed by atoms with Gasteiger partial charge in [0.15, 0.2) is 0 Å². The molecule has 1 aliphatic heterocycles. The van der Waals surface area contributed by atoms with Crippen molar-refractivity contribution < 1.29 is 18.0 Å². The Bertz CT molecular complexity index is 916. The van der Waals surface area contributed by atoms with E-state index in [1.165, 1.54) is 0 Å². The van der Waals surface area contributed by atoms with Crippen LogP contribution in [0.2, 0.25) is 0 Å². The maximum atomic E-state index is 12.4. The maximum Gasteiger partial charge on any atom is 0.323 e. The van der Waals surface area contributed by atoms with Crippen LogP contribution in [0.4, 0.5) is 5.69 Å². The molecule has 0 aliphatic carbocycles. The van der Waals surface area contributed by atoms with Gasteiger partial charge in [0.25, 0.3) is 0 Å². The first-order chi connectivity index (χ1) is 12.9. The molecule has 1 fully saturated rings. The van der Waals surface area contributed by atoms with Crippen LogP contribution in [0, 0.1) is 5.92 Å². The lowest BCUT2D eigenvalue weighted by molar-refractivity contribution is -0.130. The summed E-state index contributed by atoms with van der Waals surface area (Å²) in [5, 5.41) is 0. The van der Waals surface area contributed by atoms with Crippen LogP contribution >= 0.6 is 0 Å². The number of hydrogen-bond acceptors (Lipinski definition) is 4. The first kappa shape index (κ1) is 18.9. The zero-order chi connectivity index (χ0) is 19.4. The summed E-state index contributed by atoms with van der Waals surface area (Å²) in [5.74, 6) is -1.56. The van der Waals surface area contributed by atoms with E-state index >= 15 is 0 Å². The summed E-state index contributed by atoms with van der Waals surface area (Å²) in [7, 11) is -4.06. The van der Waals surface area contributed by atoms with E-state index in [1.54, 1.807) is 35.2 Å². The molecule has 7 nitrogen and oxygen atoms in total. The second-order valence-electron chi connectivity index (χ2n) is 6.47. The molecule has 27 heavy (non-hydrogen) atoms. The molecule has 2 aromatic rings. The molecule has 1 aliphatic rings. The summed E-state index contributed by atoms with van der Waals surface area (Å²) in [6.07, 6.45) is -0.0101. The molecule has 2 N–H and O–H groups in total. The molecule has 8 heteroatoms. The molecule has 2 unspecified atom stereocenters. The number of benzene rings is 2. The van der Waals surface area contributed by atoms with Gasteiger partial charge < -0.3 is 4.90 Å². The molecule has 142 valence electrons. The fourth-order valence-electron chi connectivity index (χ4n) is 3.10. The lowest BCUT2D eigenvalue weighted by Crippen LogP contribution is -2.40. The van der Waals surface area contributed by atoms with E-state index in [1.807, 2.05) is 42.0 Å². The van der Waals surface area contributed by atoms with Crippen molar-refractivity contribution in [2.24, 2.45) is 5.92 Å². The van der Waals surface area contributed by atoms with Gasteiger partial charge in [0, 0.05) is 13.0 Å². The molecule has 0 saturated carbocycles. The molecule has 0 radical (unpaired) electrons. The van der Waals surface area contributed by atoms with Crippen LogP contribution < -0.4 is 9.44 Å². The number of carbonyl (C=O) groups excluding carboxylic acids is 2. The Hall–Kier alpha value is -2.87. The van der Waals surface area contributed by atoms with Crippen molar-refractivity contribution in [3.05, 3.63) is 66.2 Å². The van der Waals surface area contributed by atoms with Crippen LogP contribution in [-0.2, 0) is 19.8 Å². The average molecular weight is 387 g/mol. The monoisotopic (exact) mass is 387 g/mol. The van der Waals surface area contributed by atoms with Crippen molar-refractivity contribution in [3.8, 4) is 0 Å². The van der Waals surface area contributed by atoms with Gasteiger partial charge in [-0.2, -0.15) is 8.42 Å². The largest absolute Gasteiger partial charge is 0.335 e. The summed E-state index contributed by atoms with van der Waals surface area (Å²) >= 11 is 0. The summed E-state index contributed by atoms with van der Waals surface area (Å²) in [5.41, 5.74) is 1.31. The van der Waals surface area contributed by atoms with E-state index in [-0.39, 0.29) is 24.9 Å². The summed E-state index contributed by atoms with van der Waals surface area (Å²) in [6, 6.07) is 17.6. The minimum Gasteiger partial charge on any atom is -0.335 e. The van der Waals surface area contributed by atoms with Gasteiger partial charge >= 0.3 is 10.2 Å². The molecule has 0 bridgehead atoms. The molecule has 2 atom stereocenters. The average Bonchev–Trinajstić information content (AvgIpc) is 3.04. The predicted molar refractivity (Wildman–Crippen MR) is 102 cm³/mol. The van der Waals surface area contributed by atoms with Gasteiger partial charge in [-0.05, 0) is 24.6 Å². The number of amides is 2. The van der Waals surface area contributed by atoms with E-state index in [0.29, 0.717) is 5.69 Å². The number of nitrogens with one attached hydrogen (secondary N) is 2. The summed E-state index contributed by atoms with van der Waals surface area (Å²) < 4.78 is 28.6. The standard InChI is InChI=1S/C19H21N3O4S/c1-14(15-8-4-2-5-9-15)22-13-16(12-18(22)23)19(24)21-27(25,26)20-17-10-6-3-7-11-17/h2-11,14,16,20H,12-13H2,1H3,(H,21,24). The van der Waals surface area contributed by atoms with Crippen LogP contribution in [0.1, 0.15) is 24.9 Å². The van der Waals surface area contributed by atoms with Gasteiger partial charge in [-0.1, -0.05) is 48.5 Å². The maximum absolute atomic E-state index is 12.4. The van der Waals surface area contributed by atoms with Crippen molar-refractivity contribution >= 4 is 27.7 Å². The van der Waals surface area contributed by atoms with Crippen LogP contribution in [0.3, 0.4) is 0 Å². The highest BCUT2D eigenvalue weighted by molar-refractivity contribution is 7.91. The van der Waals surface area contributed by atoms with Crippen molar-refractivity contribution in [2.75, 3.05) is 11.3 Å². The SMILES string of the molecule is CC(c1ccccc1)N1CC(C(=O)NS(=O)(=O)Nc2ccccc2)CC1=O. The van der Waals surface area contributed by atoms with Crippen LogP contribution in [0.25, 0.3) is 0 Å². The molecule has 0 spiro atoms. The molecule has 3 rings (SSSR count). The number of likely N-dealkylation sites (tertiary alicyclic amines) is 1. The number of hydrogen-bond donors (Lipinski definition) is 2. The van der Waals surface area contributed by atoms with Gasteiger partial charge in [-0.25, -0.2) is 4.72 Å². The topological polar surface area (TPSA) is 95.6 Å². The summed E-state index contributed by atoms with van der Waals surface area (Å²) in [4.78, 5) is 26.3. The van der Waals surface area contributed by atoms with Gasteiger partial charge in [-0.15, -0.1) is 0 Å². The number of para-hydroxylation sites is 1. The first-order valence-corrected chi connectivity index (χ1v) is 10.1. The zero-order valence-corrected chi connectivity index (χ0v) is 15.6. The van der Waals surface area contributed by atoms with Crippen LogP contribution in [0.15, 0.2) is 60.7 Å². The van der Waals surface area contributed by atoms with Crippen LogP contribution in [0.5, 0.6) is 0 Å². The van der Waals surface area contributed by atoms with Gasteiger partial charge in [0.1, 0.15) is 0 Å². The Balaban J connectivity index is 1.63. The van der Waals surface area contributed by atoms with Gasteiger partial charge in [0.05, 0.1) is 17.6 Å². The summed E-state index contributed by atoms with van der Waals surface area (Å²) in [6.45, 7) is 2.07. The van der Waals surface area contributed by atoms with Gasteiger partial charge in [0.2, 0.25) is 11.8 Å². The van der Waals surface area contributed by atoms with Crippen molar-refractivity contribution in [3.63, 3.8) is 0 Å². The third kappa shape index (κ3) is 4.65. The predicted octanol–water partition coefficient (Wildman–Crippen LogP) is 2.07. The van der Waals surface area contributed by atoms with E-state index in [9.17, 15) is 18.0 Å². The Kier molecular flexibility index (Phi) is 5.46. The number of anilines is 1.